The second kappa shape index (κ2) is 4.01. The highest BCUT2D eigenvalue weighted by Gasteiger charge is 2.27. The van der Waals surface area contributed by atoms with Crippen molar-refractivity contribution in [1.29, 1.82) is 0 Å². The second-order valence-electron chi connectivity index (χ2n) is 5.76. The van der Waals surface area contributed by atoms with E-state index in [1.54, 1.807) is 0 Å². The van der Waals surface area contributed by atoms with Crippen LogP contribution in [0.25, 0.3) is 23.1 Å². The zero-order valence-electron chi connectivity index (χ0n) is 11.6. The summed E-state index contributed by atoms with van der Waals surface area (Å²) >= 11 is 0. The third-order valence-electron chi connectivity index (χ3n) is 4.57. The van der Waals surface area contributed by atoms with Gasteiger partial charge in [-0.3, -0.25) is 0 Å². The number of hydrogen-bond donors (Lipinski definition) is 0. The van der Waals surface area contributed by atoms with Gasteiger partial charge in [0.25, 0.3) is 0 Å². The summed E-state index contributed by atoms with van der Waals surface area (Å²) in [7, 11) is 0. The van der Waals surface area contributed by atoms with Crippen molar-refractivity contribution in [2.24, 2.45) is 0 Å². The number of furan rings is 1. The first-order valence-corrected chi connectivity index (χ1v) is 7.47. The Balaban J connectivity index is 1.84. The van der Waals surface area contributed by atoms with Gasteiger partial charge in [-0.15, -0.1) is 0 Å². The molecule has 1 aromatic heterocycles. The van der Waals surface area contributed by atoms with Crippen LogP contribution in [0.3, 0.4) is 0 Å². The molecule has 0 N–H and O–H groups in total. The van der Waals surface area contributed by atoms with E-state index in [4.69, 9.17) is 4.42 Å². The fourth-order valence-corrected chi connectivity index (χ4v) is 3.56. The van der Waals surface area contributed by atoms with E-state index in [9.17, 15) is 0 Å². The van der Waals surface area contributed by atoms with Crippen molar-refractivity contribution < 1.29 is 4.42 Å². The first-order valence-electron chi connectivity index (χ1n) is 7.47. The Kier molecular flexibility index (Phi) is 2.14. The molecule has 1 aliphatic carbocycles. The van der Waals surface area contributed by atoms with Gasteiger partial charge in [-0.1, -0.05) is 30.4 Å². The lowest BCUT2D eigenvalue weighted by atomic mass is 9.92. The highest BCUT2D eigenvalue weighted by molar-refractivity contribution is 5.93. The molecule has 3 aliphatic rings. The van der Waals surface area contributed by atoms with Gasteiger partial charge in [0.15, 0.2) is 0 Å². The summed E-state index contributed by atoms with van der Waals surface area (Å²) in [6.45, 7) is 0. The first kappa shape index (κ1) is 11.2. The van der Waals surface area contributed by atoms with Crippen LogP contribution < -0.4 is 0 Å². The Morgan fingerprint density at radius 1 is 1.10 bits per heavy atom. The first-order chi connectivity index (χ1) is 10.4. The molecular weight excluding hydrogens is 258 g/mol. The lowest BCUT2D eigenvalue weighted by Crippen LogP contribution is -2.21. The van der Waals surface area contributed by atoms with Crippen LogP contribution in [0, 0.1) is 0 Å². The lowest BCUT2D eigenvalue weighted by Gasteiger charge is -2.31. The minimum absolute atomic E-state index is 0.246. The average Bonchev–Trinajstić information content (AvgIpc) is 2.93. The Labute approximate surface area is 123 Å². The van der Waals surface area contributed by atoms with Gasteiger partial charge in [0.2, 0.25) is 0 Å². The van der Waals surface area contributed by atoms with Crippen LogP contribution in [-0.4, -0.2) is 4.90 Å². The quantitative estimate of drug-likeness (QED) is 0.685. The van der Waals surface area contributed by atoms with Gasteiger partial charge in [-0.05, 0) is 30.2 Å². The monoisotopic (exact) mass is 273 g/mol. The normalized spacial score (nSPS) is 21.5. The van der Waals surface area contributed by atoms with E-state index in [1.807, 2.05) is 0 Å². The third-order valence-corrected chi connectivity index (χ3v) is 4.57. The Bertz CT molecular complexity index is 863. The van der Waals surface area contributed by atoms with Gasteiger partial charge in [0.05, 0.1) is 6.04 Å². The number of rotatable bonds is 0. The van der Waals surface area contributed by atoms with Crippen LogP contribution >= 0.6 is 0 Å². The molecule has 21 heavy (non-hydrogen) atoms. The molecule has 2 aliphatic heterocycles. The van der Waals surface area contributed by atoms with Crippen LogP contribution in [0.1, 0.15) is 34.9 Å². The molecule has 102 valence electrons. The molecule has 0 amide bonds. The number of aryl methyl sites for hydroxylation is 1. The minimum atomic E-state index is 0.246. The molecule has 0 bridgehead atoms. The SMILES string of the molecule is C1=CC2c3c(ccc4c5c(oc34)CCC=C5)C=CN2C=C1. The zero-order valence-corrected chi connectivity index (χ0v) is 11.6. The van der Waals surface area contributed by atoms with Gasteiger partial charge < -0.3 is 9.32 Å². The van der Waals surface area contributed by atoms with Crippen molar-refractivity contribution in [3.8, 4) is 0 Å². The summed E-state index contributed by atoms with van der Waals surface area (Å²) in [6.07, 6.45) is 19.4. The van der Waals surface area contributed by atoms with E-state index in [-0.39, 0.29) is 6.04 Å². The lowest BCUT2D eigenvalue weighted by molar-refractivity contribution is 0.425. The molecule has 2 heteroatoms. The molecular formula is C19H15NO. The number of nitrogens with zero attached hydrogens (tertiary/aromatic N) is 1. The molecule has 0 spiro atoms. The maximum absolute atomic E-state index is 6.27. The fourth-order valence-electron chi connectivity index (χ4n) is 3.56. The summed E-state index contributed by atoms with van der Waals surface area (Å²) in [5, 5.41) is 1.25. The Morgan fingerprint density at radius 2 is 2.10 bits per heavy atom. The Hall–Kier alpha value is -2.48. The van der Waals surface area contributed by atoms with Gasteiger partial charge in [0.1, 0.15) is 11.3 Å². The minimum Gasteiger partial charge on any atom is -0.460 e. The van der Waals surface area contributed by atoms with Crippen LogP contribution in [0.5, 0.6) is 0 Å². The molecule has 0 fully saturated rings. The topological polar surface area (TPSA) is 16.4 Å². The van der Waals surface area contributed by atoms with Gasteiger partial charge >= 0.3 is 0 Å². The largest absolute Gasteiger partial charge is 0.460 e. The van der Waals surface area contributed by atoms with Crippen LogP contribution in [0.15, 0.2) is 53.3 Å². The molecule has 0 saturated heterocycles. The van der Waals surface area contributed by atoms with E-state index in [2.05, 4.69) is 65.9 Å². The van der Waals surface area contributed by atoms with Crippen molar-refractivity contribution in [3.05, 3.63) is 71.3 Å². The average molecular weight is 273 g/mol. The van der Waals surface area contributed by atoms with E-state index in [0.717, 1.165) is 24.2 Å². The molecule has 2 aromatic rings. The maximum atomic E-state index is 6.27. The standard InChI is InChI=1S/C19H15NO/c1-2-7-17-14(5-1)15-9-8-13-10-12-20-11-4-3-6-16(20)18(13)19(15)21-17/h1,3-6,8-12,16H,2,7H2. The Morgan fingerprint density at radius 3 is 3.10 bits per heavy atom. The van der Waals surface area contributed by atoms with Crippen LogP contribution in [0.4, 0.5) is 0 Å². The maximum Gasteiger partial charge on any atom is 0.141 e. The number of fused-ring (bicyclic) bond motifs is 7. The van der Waals surface area contributed by atoms with E-state index in [1.165, 1.54) is 22.1 Å². The van der Waals surface area contributed by atoms with Gasteiger partial charge in [-0.2, -0.15) is 0 Å². The van der Waals surface area contributed by atoms with Crippen LogP contribution in [0.2, 0.25) is 0 Å². The predicted molar refractivity (Wildman–Crippen MR) is 85.5 cm³/mol. The summed E-state index contributed by atoms with van der Waals surface area (Å²) in [4.78, 5) is 2.24. The molecule has 1 atom stereocenters. The third kappa shape index (κ3) is 1.47. The summed E-state index contributed by atoms with van der Waals surface area (Å²) in [6, 6.07) is 4.67. The number of allylic oxidation sites excluding steroid dienone is 3. The summed E-state index contributed by atoms with van der Waals surface area (Å²) in [5.74, 6) is 1.14. The molecule has 1 aromatic carbocycles. The molecule has 5 rings (SSSR count). The van der Waals surface area contributed by atoms with Crippen molar-refractivity contribution >= 4 is 23.1 Å². The molecule has 2 nitrogen and oxygen atoms in total. The van der Waals surface area contributed by atoms with Crippen molar-refractivity contribution in [1.82, 2.24) is 4.90 Å². The zero-order chi connectivity index (χ0) is 13.8. The number of hydrogen-bond acceptors (Lipinski definition) is 2. The van der Waals surface area contributed by atoms with Crippen molar-refractivity contribution in [2.75, 3.05) is 0 Å². The summed E-state index contributed by atoms with van der Waals surface area (Å²) in [5.41, 5.74) is 4.89. The fraction of sp³-hybridized carbons (Fsp3) is 0.158. The van der Waals surface area contributed by atoms with E-state index >= 15 is 0 Å². The summed E-state index contributed by atoms with van der Waals surface area (Å²) < 4.78 is 6.27. The van der Waals surface area contributed by atoms with Gasteiger partial charge in [0, 0.05) is 35.3 Å². The smallest absolute Gasteiger partial charge is 0.141 e. The van der Waals surface area contributed by atoms with Crippen molar-refractivity contribution in [2.45, 2.75) is 18.9 Å². The second-order valence-corrected chi connectivity index (χ2v) is 5.76. The van der Waals surface area contributed by atoms with Crippen LogP contribution in [-0.2, 0) is 6.42 Å². The van der Waals surface area contributed by atoms with E-state index in [0.29, 0.717) is 0 Å². The number of benzene rings is 1. The molecule has 1 unspecified atom stereocenters. The van der Waals surface area contributed by atoms with E-state index < -0.39 is 0 Å². The molecule has 0 radical (unpaired) electrons. The van der Waals surface area contributed by atoms with Crippen molar-refractivity contribution in [3.63, 3.8) is 0 Å². The highest BCUT2D eigenvalue weighted by atomic mass is 16.3. The van der Waals surface area contributed by atoms with Gasteiger partial charge in [-0.25, -0.2) is 0 Å². The predicted octanol–water partition coefficient (Wildman–Crippen LogP) is 4.80. The highest BCUT2D eigenvalue weighted by Crippen LogP contribution is 2.41. The molecule has 0 saturated carbocycles. The molecule has 3 heterocycles.